The second kappa shape index (κ2) is 4.18. The summed E-state index contributed by atoms with van der Waals surface area (Å²) < 4.78 is 0. The maximum Gasteiger partial charge on any atom is 0.0645 e. The average Bonchev–Trinajstić information content (AvgIpc) is 2.37. The van der Waals surface area contributed by atoms with E-state index in [-0.39, 0.29) is 11.6 Å². The van der Waals surface area contributed by atoms with Crippen LogP contribution in [-0.4, -0.2) is 18.1 Å². The Balaban J connectivity index is 2.48. The van der Waals surface area contributed by atoms with Crippen LogP contribution in [0.4, 0.5) is 5.69 Å². The summed E-state index contributed by atoms with van der Waals surface area (Å²) in [5, 5.41) is 0.838. The van der Waals surface area contributed by atoms with Gasteiger partial charge in [0.2, 0.25) is 0 Å². The lowest BCUT2D eigenvalue weighted by atomic mass is 9.99. The summed E-state index contributed by atoms with van der Waals surface area (Å²) in [5.41, 5.74) is 9.76. The third kappa shape index (κ3) is 2.29. The summed E-state index contributed by atoms with van der Waals surface area (Å²) in [7, 11) is 0. The molecule has 0 aliphatic carbocycles. The zero-order valence-corrected chi connectivity index (χ0v) is 11.8. The van der Waals surface area contributed by atoms with Crippen molar-refractivity contribution in [2.24, 2.45) is 5.73 Å². The molecule has 0 radical (unpaired) electrons. The molecule has 0 spiro atoms. The summed E-state index contributed by atoms with van der Waals surface area (Å²) in [5.74, 6) is 0. The maximum absolute atomic E-state index is 6.41. The molecule has 1 aromatic rings. The molecular formula is C14H21ClN2. The molecule has 0 amide bonds. The van der Waals surface area contributed by atoms with Gasteiger partial charge in [-0.25, -0.2) is 0 Å². The van der Waals surface area contributed by atoms with Gasteiger partial charge in [0.25, 0.3) is 0 Å². The minimum Gasteiger partial charge on any atom is -0.363 e. The van der Waals surface area contributed by atoms with Crippen LogP contribution in [0.15, 0.2) is 12.1 Å². The Morgan fingerprint density at radius 3 is 2.47 bits per heavy atom. The molecular weight excluding hydrogens is 232 g/mol. The molecule has 2 rings (SSSR count). The van der Waals surface area contributed by atoms with Crippen molar-refractivity contribution in [3.63, 3.8) is 0 Å². The van der Waals surface area contributed by atoms with Gasteiger partial charge in [-0.15, -0.1) is 0 Å². The maximum atomic E-state index is 6.41. The molecule has 17 heavy (non-hydrogen) atoms. The summed E-state index contributed by atoms with van der Waals surface area (Å²) >= 11 is 6.41. The fraction of sp³-hybridized carbons (Fsp3) is 0.571. The van der Waals surface area contributed by atoms with E-state index in [1.807, 2.05) is 6.07 Å². The number of benzene rings is 1. The van der Waals surface area contributed by atoms with Crippen LogP contribution in [0.1, 0.15) is 31.4 Å². The van der Waals surface area contributed by atoms with E-state index in [1.165, 1.54) is 11.1 Å². The molecule has 94 valence electrons. The van der Waals surface area contributed by atoms with Gasteiger partial charge in [-0.2, -0.15) is 0 Å². The molecule has 1 unspecified atom stereocenters. The van der Waals surface area contributed by atoms with Crippen LogP contribution < -0.4 is 10.6 Å². The van der Waals surface area contributed by atoms with Crippen molar-refractivity contribution in [3.8, 4) is 0 Å². The van der Waals surface area contributed by atoms with Gasteiger partial charge in [-0.3, -0.25) is 0 Å². The van der Waals surface area contributed by atoms with E-state index < -0.39 is 0 Å². The van der Waals surface area contributed by atoms with Crippen LogP contribution in [0.2, 0.25) is 5.02 Å². The molecule has 0 bridgehead atoms. The SMILES string of the molecule is Cc1cc(C)c(N2CC(N)CC2(C)C)c(Cl)c1. The highest BCUT2D eigenvalue weighted by molar-refractivity contribution is 6.33. The molecule has 0 saturated carbocycles. The fourth-order valence-electron chi connectivity index (χ4n) is 2.94. The van der Waals surface area contributed by atoms with Crippen molar-refractivity contribution in [1.82, 2.24) is 0 Å². The van der Waals surface area contributed by atoms with Crippen LogP contribution in [-0.2, 0) is 0 Å². The van der Waals surface area contributed by atoms with E-state index >= 15 is 0 Å². The minimum absolute atomic E-state index is 0.0864. The van der Waals surface area contributed by atoms with E-state index in [4.69, 9.17) is 17.3 Å². The third-order valence-electron chi connectivity index (χ3n) is 3.58. The number of nitrogens with two attached hydrogens (primary N) is 1. The topological polar surface area (TPSA) is 29.3 Å². The number of halogens is 1. The van der Waals surface area contributed by atoms with Crippen LogP contribution in [0, 0.1) is 13.8 Å². The first kappa shape index (κ1) is 12.7. The Labute approximate surface area is 109 Å². The first-order chi connectivity index (χ1) is 7.81. The minimum atomic E-state index is 0.0864. The van der Waals surface area contributed by atoms with Gasteiger partial charge in [-0.1, -0.05) is 17.7 Å². The molecule has 2 nitrogen and oxygen atoms in total. The number of hydrogen-bond acceptors (Lipinski definition) is 2. The van der Waals surface area contributed by atoms with Crippen molar-refractivity contribution in [2.75, 3.05) is 11.4 Å². The molecule has 1 fully saturated rings. The first-order valence-electron chi connectivity index (χ1n) is 6.11. The standard InChI is InChI=1S/C14H21ClN2/c1-9-5-10(2)13(12(15)6-9)17-8-11(16)7-14(17,3)4/h5-6,11H,7-8,16H2,1-4H3. The second-order valence-electron chi connectivity index (χ2n) is 5.80. The van der Waals surface area contributed by atoms with Crippen LogP contribution in [0.25, 0.3) is 0 Å². The molecule has 1 aliphatic heterocycles. The zero-order valence-electron chi connectivity index (χ0n) is 11.0. The van der Waals surface area contributed by atoms with Crippen LogP contribution >= 0.6 is 11.6 Å². The highest BCUT2D eigenvalue weighted by Crippen LogP contribution is 2.39. The molecule has 3 heteroatoms. The number of hydrogen-bond donors (Lipinski definition) is 1. The van der Waals surface area contributed by atoms with Crippen molar-refractivity contribution in [3.05, 3.63) is 28.3 Å². The molecule has 0 aromatic heterocycles. The summed E-state index contributed by atoms with van der Waals surface area (Å²) in [6.45, 7) is 9.54. The average molecular weight is 253 g/mol. The molecule has 1 atom stereocenters. The van der Waals surface area contributed by atoms with Crippen molar-refractivity contribution in [2.45, 2.75) is 45.7 Å². The number of rotatable bonds is 1. The predicted octanol–water partition coefficient (Wildman–Crippen LogP) is 3.27. The Morgan fingerprint density at radius 2 is 2.00 bits per heavy atom. The van der Waals surface area contributed by atoms with Crippen LogP contribution in [0.3, 0.4) is 0 Å². The molecule has 1 aliphatic rings. The highest BCUT2D eigenvalue weighted by Gasteiger charge is 2.38. The Morgan fingerprint density at radius 1 is 1.35 bits per heavy atom. The number of anilines is 1. The molecule has 1 aromatic carbocycles. The van der Waals surface area contributed by atoms with E-state index in [0.29, 0.717) is 0 Å². The monoisotopic (exact) mass is 252 g/mol. The van der Waals surface area contributed by atoms with Crippen molar-refractivity contribution >= 4 is 17.3 Å². The largest absolute Gasteiger partial charge is 0.363 e. The van der Waals surface area contributed by atoms with Crippen molar-refractivity contribution in [1.29, 1.82) is 0 Å². The number of nitrogens with zero attached hydrogens (tertiary/aromatic N) is 1. The normalized spacial score (nSPS) is 23.2. The Kier molecular flexibility index (Phi) is 3.13. The van der Waals surface area contributed by atoms with Gasteiger partial charge in [0, 0.05) is 18.1 Å². The van der Waals surface area contributed by atoms with Gasteiger partial charge in [0.05, 0.1) is 10.7 Å². The Bertz CT molecular complexity index is 417. The lowest BCUT2D eigenvalue weighted by molar-refractivity contribution is 0.505. The third-order valence-corrected chi connectivity index (χ3v) is 3.87. The lowest BCUT2D eigenvalue weighted by Gasteiger charge is -2.35. The van der Waals surface area contributed by atoms with E-state index in [0.717, 1.165) is 23.7 Å². The van der Waals surface area contributed by atoms with Crippen molar-refractivity contribution < 1.29 is 0 Å². The van der Waals surface area contributed by atoms with Gasteiger partial charge < -0.3 is 10.6 Å². The molecule has 2 N–H and O–H groups in total. The lowest BCUT2D eigenvalue weighted by Crippen LogP contribution is -2.38. The van der Waals surface area contributed by atoms with E-state index in [1.54, 1.807) is 0 Å². The highest BCUT2D eigenvalue weighted by atomic mass is 35.5. The summed E-state index contributed by atoms with van der Waals surface area (Å²) in [6, 6.07) is 4.45. The smallest absolute Gasteiger partial charge is 0.0645 e. The zero-order chi connectivity index (χ0) is 12.8. The van der Waals surface area contributed by atoms with Gasteiger partial charge in [0.15, 0.2) is 0 Å². The molecule has 1 saturated heterocycles. The predicted molar refractivity (Wildman–Crippen MR) is 74.9 cm³/mol. The Hall–Kier alpha value is -0.730. The second-order valence-corrected chi connectivity index (χ2v) is 6.21. The summed E-state index contributed by atoms with van der Waals surface area (Å²) in [6.07, 6.45) is 1.01. The van der Waals surface area contributed by atoms with Gasteiger partial charge >= 0.3 is 0 Å². The van der Waals surface area contributed by atoms with Crippen LogP contribution in [0.5, 0.6) is 0 Å². The van der Waals surface area contributed by atoms with E-state index in [2.05, 4.69) is 38.7 Å². The number of aryl methyl sites for hydroxylation is 2. The van der Waals surface area contributed by atoms with E-state index in [9.17, 15) is 0 Å². The summed E-state index contributed by atoms with van der Waals surface area (Å²) in [4.78, 5) is 2.36. The quantitative estimate of drug-likeness (QED) is 0.831. The molecule has 1 heterocycles. The fourth-order valence-corrected chi connectivity index (χ4v) is 3.37. The van der Waals surface area contributed by atoms with Gasteiger partial charge in [0.1, 0.15) is 0 Å². The van der Waals surface area contributed by atoms with Gasteiger partial charge in [-0.05, 0) is 51.3 Å². The first-order valence-corrected chi connectivity index (χ1v) is 6.49.